The Bertz CT molecular complexity index is 1180. The first-order chi connectivity index (χ1) is 20.8. The zero-order valence-corrected chi connectivity index (χ0v) is 26.8. The van der Waals surface area contributed by atoms with Crippen molar-refractivity contribution >= 4 is 36.3 Å². The van der Waals surface area contributed by atoms with E-state index in [0.29, 0.717) is 30.1 Å². The average Bonchev–Trinajstić information content (AvgIpc) is 3.87. The van der Waals surface area contributed by atoms with Crippen LogP contribution in [0.5, 0.6) is 5.75 Å². The Morgan fingerprint density at radius 2 is 1.88 bits per heavy atom. The van der Waals surface area contributed by atoms with Crippen molar-refractivity contribution < 1.29 is 28.4 Å². The normalized spacial score (nSPS) is 16.0. The predicted molar refractivity (Wildman–Crippen MR) is 173 cm³/mol. The summed E-state index contributed by atoms with van der Waals surface area (Å²) in [6.45, 7) is 6.65. The van der Waals surface area contributed by atoms with Crippen molar-refractivity contribution in [2.45, 2.75) is 51.5 Å². The van der Waals surface area contributed by atoms with Gasteiger partial charge in [-0.05, 0) is 118 Å². The molecule has 0 amide bonds. The van der Waals surface area contributed by atoms with Gasteiger partial charge < -0.3 is 29.0 Å². The van der Waals surface area contributed by atoms with Crippen molar-refractivity contribution in [2.75, 3.05) is 64.6 Å². The molecule has 2 aliphatic rings. The van der Waals surface area contributed by atoms with E-state index in [-0.39, 0.29) is 11.4 Å². The fraction of sp³-hybridized carbons (Fsp3) is 0.545. The highest BCUT2D eigenvalue weighted by Crippen LogP contribution is 2.44. The number of rotatable bonds is 15. The predicted octanol–water partition coefficient (Wildman–Crippen LogP) is 5.28. The van der Waals surface area contributed by atoms with Gasteiger partial charge in [0, 0.05) is 55.7 Å². The van der Waals surface area contributed by atoms with E-state index in [9.17, 15) is 14.4 Å². The highest BCUT2D eigenvalue weighted by atomic mass is 32.2. The van der Waals surface area contributed by atoms with Gasteiger partial charge in [0.15, 0.2) is 0 Å². The van der Waals surface area contributed by atoms with Crippen LogP contribution in [0.15, 0.2) is 36.4 Å². The fourth-order valence-corrected chi connectivity index (χ4v) is 5.95. The van der Waals surface area contributed by atoms with E-state index >= 15 is 0 Å². The highest BCUT2D eigenvalue weighted by Gasteiger charge is 2.36. The van der Waals surface area contributed by atoms with E-state index in [0.717, 1.165) is 111 Å². The van der Waals surface area contributed by atoms with Crippen LogP contribution in [0.4, 0.5) is 5.69 Å². The summed E-state index contributed by atoms with van der Waals surface area (Å²) in [5.74, 6) is 1.63. The van der Waals surface area contributed by atoms with Crippen LogP contribution >= 0.6 is 12.0 Å². The van der Waals surface area contributed by atoms with Gasteiger partial charge in [-0.3, -0.25) is 9.69 Å². The molecule has 1 heterocycles. The number of nitrogens with one attached hydrogen (secondary N) is 1. The highest BCUT2D eigenvalue weighted by molar-refractivity contribution is 7.93. The third-order valence-corrected chi connectivity index (χ3v) is 8.65. The summed E-state index contributed by atoms with van der Waals surface area (Å²) >= 11 is 0.864. The van der Waals surface area contributed by atoms with Gasteiger partial charge >= 0.3 is 5.97 Å². The smallest absolute Gasteiger partial charge is 0.338 e. The van der Waals surface area contributed by atoms with Crippen LogP contribution in [0.2, 0.25) is 0 Å². The third-order valence-electron chi connectivity index (χ3n) is 8.27. The minimum absolute atomic E-state index is 0.0903. The maximum atomic E-state index is 12.4. The zero-order valence-electron chi connectivity index (χ0n) is 26.0. The van der Waals surface area contributed by atoms with Crippen molar-refractivity contribution in [3.63, 3.8) is 0 Å². The van der Waals surface area contributed by atoms with Crippen LogP contribution in [-0.4, -0.2) is 87.7 Å². The SMILES string of the molecule is CCOc1cc(C(=O)OC)c(C2CC2)cc1CN1CCC(CC=O)(CN(C)c2ccc(C=O)cc2)CC1.CNCCSO. The molecule has 2 aromatic carbocycles. The van der Waals surface area contributed by atoms with Gasteiger partial charge in [-0.2, -0.15) is 0 Å². The van der Waals surface area contributed by atoms with E-state index < -0.39 is 0 Å². The number of nitrogens with zero attached hydrogens (tertiary/aromatic N) is 2. The van der Waals surface area contributed by atoms with Gasteiger partial charge in [-0.1, -0.05) is 0 Å². The minimum atomic E-state index is -0.309. The number of hydrogen-bond donors (Lipinski definition) is 2. The molecule has 0 bridgehead atoms. The number of carbonyl (C=O) groups is 3. The number of esters is 1. The van der Waals surface area contributed by atoms with Gasteiger partial charge in [0.1, 0.15) is 18.3 Å². The van der Waals surface area contributed by atoms with Gasteiger partial charge in [0.05, 0.1) is 19.3 Å². The van der Waals surface area contributed by atoms with Crippen LogP contribution in [0.3, 0.4) is 0 Å². The molecule has 1 saturated heterocycles. The topological polar surface area (TPSA) is 108 Å². The maximum absolute atomic E-state index is 12.4. The molecule has 0 radical (unpaired) electrons. The van der Waals surface area contributed by atoms with E-state index in [1.54, 1.807) is 0 Å². The van der Waals surface area contributed by atoms with Crippen molar-refractivity contribution in [1.29, 1.82) is 0 Å². The molecule has 9 nitrogen and oxygen atoms in total. The lowest BCUT2D eigenvalue weighted by Crippen LogP contribution is -2.45. The van der Waals surface area contributed by atoms with Crippen molar-refractivity contribution in [2.24, 2.45) is 5.41 Å². The Morgan fingerprint density at radius 1 is 1.19 bits per heavy atom. The molecule has 0 unspecified atom stereocenters. The molecular weight excluding hydrogens is 566 g/mol. The summed E-state index contributed by atoms with van der Waals surface area (Å²) in [4.78, 5) is 39.7. The molecule has 4 rings (SSSR count). The lowest BCUT2D eigenvalue weighted by atomic mass is 9.75. The molecule has 2 fully saturated rings. The van der Waals surface area contributed by atoms with Crippen molar-refractivity contribution in [3.05, 3.63) is 58.7 Å². The Balaban J connectivity index is 0.000000765. The first-order valence-electron chi connectivity index (χ1n) is 15.0. The summed E-state index contributed by atoms with van der Waals surface area (Å²) in [6, 6.07) is 11.6. The summed E-state index contributed by atoms with van der Waals surface area (Å²) in [7, 11) is 5.33. The number of methoxy groups -OCH3 is 1. The second-order valence-electron chi connectivity index (χ2n) is 11.4. The molecule has 0 spiro atoms. The second-order valence-corrected chi connectivity index (χ2v) is 12.1. The Labute approximate surface area is 260 Å². The first kappa shape index (κ1) is 34.6. The number of anilines is 1. The Hall–Kier alpha value is -2.92. The van der Waals surface area contributed by atoms with E-state index in [1.807, 2.05) is 51.4 Å². The summed E-state index contributed by atoms with van der Waals surface area (Å²) in [5, 5.41) is 2.89. The molecule has 43 heavy (non-hydrogen) atoms. The van der Waals surface area contributed by atoms with Crippen molar-refractivity contribution in [1.82, 2.24) is 10.2 Å². The molecule has 0 aromatic heterocycles. The lowest BCUT2D eigenvalue weighted by molar-refractivity contribution is -0.110. The van der Waals surface area contributed by atoms with Crippen LogP contribution in [0.1, 0.15) is 76.8 Å². The van der Waals surface area contributed by atoms with Crippen LogP contribution < -0.4 is 15.0 Å². The number of aldehydes is 2. The van der Waals surface area contributed by atoms with Crippen LogP contribution in [0.25, 0.3) is 0 Å². The van der Waals surface area contributed by atoms with Gasteiger partial charge in [-0.25, -0.2) is 4.79 Å². The number of hydrogen-bond acceptors (Lipinski definition) is 10. The fourth-order valence-electron chi connectivity index (χ4n) is 5.66. The molecular formula is C33H47N3O6S. The Morgan fingerprint density at radius 3 is 2.40 bits per heavy atom. The van der Waals surface area contributed by atoms with Gasteiger partial charge in [0.25, 0.3) is 0 Å². The molecule has 236 valence electrons. The molecule has 2 N–H and O–H groups in total. The number of likely N-dealkylation sites (tertiary alicyclic amines) is 1. The molecule has 1 aliphatic heterocycles. The quantitative estimate of drug-likeness (QED) is 0.119. The maximum Gasteiger partial charge on any atom is 0.338 e. The van der Waals surface area contributed by atoms with Crippen LogP contribution in [0, 0.1) is 5.41 Å². The standard InChI is InChI=1S/C30H38N2O5.C3H9NOS/c1-4-37-28-18-27(29(35)36-3)26(23-7-8-23)17-24(28)19-32-14-11-30(12-15-32,13-16-33)21-31(2)25-9-5-22(20-34)6-10-25;1-4-2-3-6-5/h5-6,9-10,16-18,20,23H,4,7-8,11-15,19,21H2,1-3H3;4-5H,2-3H2,1H3. The monoisotopic (exact) mass is 613 g/mol. The van der Waals surface area contributed by atoms with E-state index in [1.165, 1.54) is 7.11 Å². The number of carbonyl (C=O) groups excluding carboxylic acids is 3. The summed E-state index contributed by atoms with van der Waals surface area (Å²) in [6.07, 6.45) is 6.47. The minimum Gasteiger partial charge on any atom is -0.494 e. The number of benzene rings is 2. The molecule has 10 heteroatoms. The average molecular weight is 614 g/mol. The zero-order chi connectivity index (χ0) is 31.2. The summed E-state index contributed by atoms with van der Waals surface area (Å²) < 4.78 is 19.1. The molecule has 1 aliphatic carbocycles. The number of ether oxygens (including phenoxy) is 2. The Kier molecular flexibility index (Phi) is 14.0. The molecule has 0 atom stereocenters. The van der Waals surface area contributed by atoms with Crippen LogP contribution in [-0.2, 0) is 16.1 Å². The third kappa shape index (κ3) is 10.1. The lowest BCUT2D eigenvalue weighted by Gasteiger charge is -2.43. The largest absolute Gasteiger partial charge is 0.494 e. The number of piperidine rings is 1. The summed E-state index contributed by atoms with van der Waals surface area (Å²) in [5.41, 5.74) is 4.39. The first-order valence-corrected chi connectivity index (χ1v) is 16.0. The van der Waals surface area contributed by atoms with E-state index in [4.69, 9.17) is 14.0 Å². The van der Waals surface area contributed by atoms with Gasteiger partial charge in [0.2, 0.25) is 0 Å². The molecule has 2 aromatic rings. The second kappa shape index (κ2) is 17.4. The van der Waals surface area contributed by atoms with Crippen molar-refractivity contribution in [3.8, 4) is 5.75 Å². The van der Waals surface area contributed by atoms with Gasteiger partial charge in [-0.15, -0.1) is 0 Å². The molecule has 1 saturated carbocycles. The van der Waals surface area contributed by atoms with E-state index in [2.05, 4.69) is 21.2 Å².